The van der Waals surface area contributed by atoms with E-state index in [1.807, 2.05) is 24.3 Å². The molecule has 2 atom stereocenters. The van der Waals surface area contributed by atoms with Crippen molar-refractivity contribution in [1.29, 1.82) is 0 Å². The minimum Gasteiger partial charge on any atom is -0.479 e. The number of carboxylic acid groups (broad SMARTS) is 2. The summed E-state index contributed by atoms with van der Waals surface area (Å²) in [6.07, 6.45) is -3.98. The SMILES string of the molecule is O=C(O)C(O)CC(CC(O)C(=O)O)(c1ccc(I)cc1)c1ccc(I)cc1. The van der Waals surface area contributed by atoms with E-state index in [2.05, 4.69) is 45.2 Å². The molecular formula is C19H18I2O6. The highest BCUT2D eigenvalue weighted by Crippen LogP contribution is 2.41. The average molecular weight is 596 g/mol. The number of benzene rings is 2. The summed E-state index contributed by atoms with van der Waals surface area (Å²) in [5, 5.41) is 38.7. The number of carbonyl (C=O) groups is 2. The third-order valence-electron chi connectivity index (χ3n) is 4.45. The molecule has 0 aliphatic heterocycles. The minimum absolute atomic E-state index is 0.270. The van der Waals surface area contributed by atoms with Crippen LogP contribution in [0.5, 0.6) is 0 Å². The molecule has 27 heavy (non-hydrogen) atoms. The Labute approximate surface area is 183 Å². The first-order chi connectivity index (χ1) is 12.7. The van der Waals surface area contributed by atoms with Gasteiger partial charge in [-0.05, 0) is 93.4 Å². The quantitative estimate of drug-likeness (QED) is 0.349. The van der Waals surface area contributed by atoms with Crippen molar-refractivity contribution in [2.24, 2.45) is 0 Å². The van der Waals surface area contributed by atoms with Gasteiger partial charge in [0.05, 0.1) is 0 Å². The molecule has 0 aromatic heterocycles. The molecule has 0 aliphatic carbocycles. The monoisotopic (exact) mass is 596 g/mol. The van der Waals surface area contributed by atoms with E-state index >= 15 is 0 Å². The van der Waals surface area contributed by atoms with Gasteiger partial charge in [0, 0.05) is 12.6 Å². The second kappa shape index (κ2) is 9.30. The van der Waals surface area contributed by atoms with Crippen LogP contribution in [0.4, 0.5) is 0 Å². The number of aliphatic hydroxyl groups is 2. The first-order valence-corrected chi connectivity index (χ1v) is 10.2. The number of halogens is 2. The second-order valence-electron chi connectivity index (χ2n) is 6.21. The van der Waals surface area contributed by atoms with E-state index in [0.717, 1.165) is 7.14 Å². The molecule has 0 heterocycles. The molecule has 0 radical (unpaired) electrons. The molecule has 0 spiro atoms. The molecule has 2 aromatic rings. The number of aliphatic carboxylic acids is 2. The maximum atomic E-state index is 11.3. The van der Waals surface area contributed by atoms with Crippen LogP contribution in [0.2, 0.25) is 0 Å². The van der Waals surface area contributed by atoms with Crippen molar-refractivity contribution in [2.75, 3.05) is 0 Å². The lowest BCUT2D eigenvalue weighted by atomic mass is 9.67. The molecule has 0 aliphatic rings. The van der Waals surface area contributed by atoms with Gasteiger partial charge < -0.3 is 20.4 Å². The molecule has 6 nitrogen and oxygen atoms in total. The molecule has 2 rings (SSSR count). The van der Waals surface area contributed by atoms with Gasteiger partial charge in [0.1, 0.15) is 0 Å². The normalized spacial score (nSPS) is 13.8. The molecule has 2 unspecified atom stereocenters. The van der Waals surface area contributed by atoms with Gasteiger partial charge in [-0.15, -0.1) is 0 Å². The van der Waals surface area contributed by atoms with E-state index in [-0.39, 0.29) is 12.8 Å². The molecule has 0 saturated carbocycles. The molecule has 144 valence electrons. The molecule has 2 aromatic carbocycles. The van der Waals surface area contributed by atoms with Crippen molar-refractivity contribution in [3.05, 3.63) is 66.8 Å². The lowest BCUT2D eigenvalue weighted by molar-refractivity contribution is -0.149. The van der Waals surface area contributed by atoms with Gasteiger partial charge in [0.15, 0.2) is 12.2 Å². The molecule has 0 saturated heterocycles. The molecule has 4 N–H and O–H groups in total. The van der Waals surface area contributed by atoms with Crippen LogP contribution >= 0.6 is 45.2 Å². The zero-order chi connectivity index (χ0) is 20.2. The number of rotatable bonds is 8. The van der Waals surface area contributed by atoms with Crippen LogP contribution in [0, 0.1) is 7.14 Å². The summed E-state index contributed by atoms with van der Waals surface area (Å²) in [6.45, 7) is 0. The Balaban J connectivity index is 2.69. The van der Waals surface area contributed by atoms with Crippen molar-refractivity contribution in [3.8, 4) is 0 Å². The first-order valence-electron chi connectivity index (χ1n) is 7.99. The summed E-state index contributed by atoms with van der Waals surface area (Å²) < 4.78 is 1.90. The molecule has 0 bridgehead atoms. The van der Waals surface area contributed by atoms with Gasteiger partial charge in [-0.2, -0.15) is 0 Å². The molecule has 0 amide bonds. The topological polar surface area (TPSA) is 115 Å². The van der Waals surface area contributed by atoms with Crippen molar-refractivity contribution in [3.63, 3.8) is 0 Å². The Hall–Kier alpha value is -1.24. The fraction of sp³-hybridized carbons (Fsp3) is 0.263. The Morgan fingerprint density at radius 2 is 1.04 bits per heavy atom. The highest BCUT2D eigenvalue weighted by Gasteiger charge is 2.41. The number of carboxylic acids is 2. The third-order valence-corrected chi connectivity index (χ3v) is 5.89. The highest BCUT2D eigenvalue weighted by molar-refractivity contribution is 14.1. The standard InChI is InChI=1S/C19H18I2O6/c20-13-5-1-11(2-6-13)19(9-15(22)17(24)25,10-16(23)18(26)27)12-3-7-14(21)8-4-12/h1-8,15-16,22-23H,9-10H2,(H,24,25)(H,26,27). The van der Waals surface area contributed by atoms with E-state index in [4.69, 9.17) is 0 Å². The average Bonchev–Trinajstić information content (AvgIpc) is 2.62. The van der Waals surface area contributed by atoms with Crippen molar-refractivity contribution >= 4 is 57.1 Å². The number of hydrogen-bond acceptors (Lipinski definition) is 4. The van der Waals surface area contributed by atoms with Gasteiger partial charge in [-0.3, -0.25) is 0 Å². The molecule has 8 heteroatoms. The number of hydrogen-bond donors (Lipinski definition) is 4. The van der Waals surface area contributed by atoms with Crippen LogP contribution in [0.25, 0.3) is 0 Å². The molecular weight excluding hydrogens is 578 g/mol. The number of aliphatic hydroxyl groups excluding tert-OH is 2. The van der Waals surface area contributed by atoms with Gasteiger partial charge in [0.25, 0.3) is 0 Å². The molecule has 0 fully saturated rings. The fourth-order valence-corrected chi connectivity index (χ4v) is 3.81. The first kappa shape index (κ1) is 22.1. The summed E-state index contributed by atoms with van der Waals surface area (Å²) in [6, 6.07) is 14.3. The summed E-state index contributed by atoms with van der Waals surface area (Å²) in [7, 11) is 0. The minimum atomic E-state index is -1.72. The van der Waals surface area contributed by atoms with Crippen LogP contribution in [-0.4, -0.2) is 44.6 Å². The highest BCUT2D eigenvalue weighted by atomic mass is 127. The second-order valence-corrected chi connectivity index (χ2v) is 8.70. The smallest absolute Gasteiger partial charge is 0.332 e. The van der Waals surface area contributed by atoms with Gasteiger partial charge in [-0.25, -0.2) is 9.59 Å². The Bertz CT molecular complexity index is 734. The van der Waals surface area contributed by atoms with Crippen LogP contribution in [0.15, 0.2) is 48.5 Å². The van der Waals surface area contributed by atoms with Crippen LogP contribution in [0.1, 0.15) is 24.0 Å². The zero-order valence-corrected chi connectivity index (χ0v) is 18.4. The van der Waals surface area contributed by atoms with Gasteiger partial charge >= 0.3 is 11.9 Å². The van der Waals surface area contributed by atoms with Gasteiger partial charge in [0.2, 0.25) is 0 Å². The van der Waals surface area contributed by atoms with Gasteiger partial charge in [-0.1, -0.05) is 24.3 Å². The van der Waals surface area contributed by atoms with Crippen molar-refractivity contribution in [2.45, 2.75) is 30.5 Å². The fourth-order valence-electron chi connectivity index (χ4n) is 3.09. The summed E-state index contributed by atoms with van der Waals surface area (Å²) >= 11 is 4.26. The largest absolute Gasteiger partial charge is 0.479 e. The lowest BCUT2D eigenvalue weighted by Crippen LogP contribution is -2.40. The van der Waals surface area contributed by atoms with E-state index in [1.54, 1.807) is 24.3 Å². The van der Waals surface area contributed by atoms with E-state index in [0.29, 0.717) is 11.1 Å². The predicted octanol–water partition coefficient (Wildman–Crippen LogP) is 2.85. The van der Waals surface area contributed by atoms with E-state index < -0.39 is 29.6 Å². The zero-order valence-electron chi connectivity index (χ0n) is 14.0. The third kappa shape index (κ3) is 5.39. The summed E-state index contributed by atoms with van der Waals surface area (Å²) in [5.74, 6) is -2.81. The van der Waals surface area contributed by atoms with E-state index in [9.17, 15) is 30.0 Å². The maximum Gasteiger partial charge on any atom is 0.332 e. The van der Waals surface area contributed by atoms with Crippen molar-refractivity contribution < 1.29 is 30.0 Å². The Morgan fingerprint density at radius 3 is 1.30 bits per heavy atom. The summed E-state index contributed by atoms with van der Waals surface area (Å²) in [4.78, 5) is 22.7. The van der Waals surface area contributed by atoms with Crippen LogP contribution in [0.3, 0.4) is 0 Å². The van der Waals surface area contributed by atoms with Crippen LogP contribution < -0.4 is 0 Å². The predicted molar refractivity (Wildman–Crippen MR) is 116 cm³/mol. The Kier molecular flexibility index (Phi) is 7.60. The van der Waals surface area contributed by atoms with E-state index in [1.165, 1.54) is 0 Å². The lowest BCUT2D eigenvalue weighted by Gasteiger charge is -2.37. The maximum absolute atomic E-state index is 11.3. The summed E-state index contributed by atoms with van der Waals surface area (Å²) in [5.41, 5.74) is 0.0686. The van der Waals surface area contributed by atoms with Crippen LogP contribution in [-0.2, 0) is 15.0 Å². The Morgan fingerprint density at radius 1 is 0.741 bits per heavy atom. The van der Waals surface area contributed by atoms with Crippen molar-refractivity contribution in [1.82, 2.24) is 0 Å².